The van der Waals surface area contributed by atoms with Crippen molar-refractivity contribution >= 4 is 27.2 Å². The fourth-order valence-electron chi connectivity index (χ4n) is 8.64. The molecular formula is C45H52OSi2. The van der Waals surface area contributed by atoms with Crippen molar-refractivity contribution in [2.75, 3.05) is 6.61 Å². The molecule has 0 heterocycles. The third kappa shape index (κ3) is 5.86. The summed E-state index contributed by atoms with van der Waals surface area (Å²) in [5, 5.41) is 3.07. The highest BCUT2D eigenvalue weighted by Crippen LogP contribution is 2.53. The van der Waals surface area contributed by atoms with Gasteiger partial charge in [0.2, 0.25) is 0 Å². The van der Waals surface area contributed by atoms with Crippen LogP contribution in [-0.2, 0) is 5.41 Å². The maximum Gasteiger partial charge on any atom is 0.122 e. The Kier molecular flexibility index (Phi) is 9.57. The van der Waals surface area contributed by atoms with Gasteiger partial charge in [0, 0.05) is 5.54 Å². The van der Waals surface area contributed by atoms with E-state index in [4.69, 9.17) is 4.74 Å². The Morgan fingerprint density at radius 2 is 1.23 bits per heavy atom. The molecule has 1 aliphatic rings. The summed E-state index contributed by atoms with van der Waals surface area (Å²) >= 11 is 0. The van der Waals surface area contributed by atoms with E-state index >= 15 is 0 Å². The topological polar surface area (TPSA) is 9.23 Å². The zero-order valence-corrected chi connectivity index (χ0v) is 32.4. The van der Waals surface area contributed by atoms with Crippen LogP contribution < -0.4 is 15.1 Å². The SMILES string of the molecule is C=CCOc1c([Si](CC)(CC)C2c3cc(-c4ccccc4)ccc3-c3ccc(-c4ccccc4)cc32)cc(C)c([SiH](C)C)c1C(C)(C)C. The predicted octanol–water partition coefficient (Wildman–Crippen LogP) is 10.9. The summed E-state index contributed by atoms with van der Waals surface area (Å²) in [7, 11) is -3.55. The minimum atomic E-state index is -2.37. The smallest absolute Gasteiger partial charge is 0.122 e. The molecule has 0 aromatic heterocycles. The van der Waals surface area contributed by atoms with Gasteiger partial charge in [-0.05, 0) is 67.6 Å². The average Bonchev–Trinajstić information content (AvgIpc) is 3.42. The van der Waals surface area contributed by atoms with Gasteiger partial charge in [-0.1, -0.05) is 186 Å². The second-order valence-electron chi connectivity index (χ2n) is 15.0. The van der Waals surface area contributed by atoms with E-state index in [0.717, 1.165) is 17.8 Å². The molecule has 0 fully saturated rings. The van der Waals surface area contributed by atoms with Crippen molar-refractivity contribution in [3.8, 4) is 39.1 Å². The van der Waals surface area contributed by atoms with Gasteiger partial charge in [0.1, 0.15) is 20.4 Å². The standard InChI is InChI=1S/C45H52OSi2/c1-10-27-46-42-40(28-31(4)43(47(8)9)41(42)45(5,6)7)48(11-2,12-3)44-38-29-34(32-19-15-13-16-20-32)23-25-36(38)37-26-24-35(30-39(37)44)33-21-17-14-18-22-33/h10,13-26,28-30,44,47H,1,11-12,27H2,2-9H3. The van der Waals surface area contributed by atoms with Crippen molar-refractivity contribution in [1.82, 2.24) is 0 Å². The van der Waals surface area contributed by atoms with Crippen molar-refractivity contribution < 1.29 is 4.74 Å². The van der Waals surface area contributed by atoms with Gasteiger partial charge in [-0.2, -0.15) is 0 Å². The molecule has 0 amide bonds. The summed E-state index contributed by atoms with van der Waals surface area (Å²) in [6, 6.07) is 41.1. The molecule has 246 valence electrons. The highest BCUT2D eigenvalue weighted by molar-refractivity contribution is 6.94. The van der Waals surface area contributed by atoms with Crippen LogP contribution in [0.4, 0.5) is 0 Å². The molecule has 0 bridgehead atoms. The lowest BCUT2D eigenvalue weighted by Crippen LogP contribution is -2.54. The Morgan fingerprint density at radius 3 is 1.65 bits per heavy atom. The molecule has 0 radical (unpaired) electrons. The largest absolute Gasteiger partial charge is 0.489 e. The van der Waals surface area contributed by atoms with Crippen molar-refractivity contribution in [2.45, 2.75) is 77.7 Å². The van der Waals surface area contributed by atoms with Crippen molar-refractivity contribution in [3.05, 3.63) is 138 Å². The highest BCUT2D eigenvalue weighted by atomic mass is 28.3. The van der Waals surface area contributed by atoms with Crippen molar-refractivity contribution in [3.63, 3.8) is 0 Å². The first-order valence-corrected chi connectivity index (χ1v) is 23.2. The van der Waals surface area contributed by atoms with Gasteiger partial charge in [-0.3, -0.25) is 0 Å². The zero-order valence-electron chi connectivity index (χ0n) is 30.3. The number of hydrogen-bond acceptors (Lipinski definition) is 1. The van der Waals surface area contributed by atoms with E-state index in [9.17, 15) is 0 Å². The first-order chi connectivity index (χ1) is 23.1. The Labute approximate surface area is 292 Å². The zero-order chi connectivity index (χ0) is 34.2. The summed E-state index contributed by atoms with van der Waals surface area (Å²) in [5.41, 5.74) is 14.0. The molecule has 0 aliphatic heterocycles. The minimum absolute atomic E-state index is 0.0437. The molecule has 1 nitrogen and oxygen atoms in total. The van der Waals surface area contributed by atoms with E-state index < -0.39 is 16.9 Å². The summed E-state index contributed by atoms with van der Waals surface area (Å²) in [5.74, 6) is 1.16. The van der Waals surface area contributed by atoms with E-state index in [-0.39, 0.29) is 5.41 Å². The quantitative estimate of drug-likeness (QED) is 0.107. The molecule has 6 rings (SSSR count). The lowest BCUT2D eigenvalue weighted by molar-refractivity contribution is 0.354. The number of aryl methyl sites for hydroxylation is 1. The van der Waals surface area contributed by atoms with Gasteiger partial charge < -0.3 is 4.74 Å². The molecule has 0 spiro atoms. The molecule has 0 unspecified atom stereocenters. The van der Waals surface area contributed by atoms with Crippen molar-refractivity contribution in [2.24, 2.45) is 0 Å². The third-order valence-corrected chi connectivity index (χ3v) is 18.4. The van der Waals surface area contributed by atoms with Gasteiger partial charge >= 0.3 is 0 Å². The second-order valence-corrected chi connectivity index (χ2v) is 22.7. The number of rotatable bonds is 10. The van der Waals surface area contributed by atoms with Crippen LogP contribution in [0.1, 0.15) is 62.4 Å². The first-order valence-electron chi connectivity index (χ1n) is 17.9. The summed E-state index contributed by atoms with van der Waals surface area (Å²) in [6.07, 6.45) is 1.92. The second kappa shape index (κ2) is 13.5. The molecule has 0 saturated heterocycles. The fraction of sp³-hybridized carbons (Fsp3) is 0.289. The Bertz CT molecular complexity index is 1840. The normalized spacial score (nSPS) is 13.0. The molecule has 0 saturated carbocycles. The molecule has 5 aromatic carbocycles. The molecular weight excluding hydrogens is 613 g/mol. The number of ether oxygens (including phenoxy) is 1. The average molecular weight is 665 g/mol. The number of hydrogen-bond donors (Lipinski definition) is 0. The Hall–Kier alpha value is -3.93. The first kappa shape index (κ1) is 34.0. The monoisotopic (exact) mass is 664 g/mol. The number of fused-ring (bicyclic) bond motifs is 3. The fourth-order valence-corrected chi connectivity index (χ4v) is 16.0. The summed E-state index contributed by atoms with van der Waals surface area (Å²) in [6.45, 7) is 24.0. The van der Waals surface area contributed by atoms with Crippen LogP contribution in [0.3, 0.4) is 0 Å². The van der Waals surface area contributed by atoms with Crippen LogP contribution in [-0.4, -0.2) is 23.5 Å². The van der Waals surface area contributed by atoms with E-state index in [1.165, 1.54) is 60.8 Å². The van der Waals surface area contributed by atoms with Gasteiger partial charge in [0.25, 0.3) is 0 Å². The van der Waals surface area contributed by atoms with Crippen LogP contribution in [0.15, 0.2) is 116 Å². The Morgan fingerprint density at radius 1 is 0.729 bits per heavy atom. The van der Waals surface area contributed by atoms with E-state index in [0.29, 0.717) is 12.1 Å². The maximum absolute atomic E-state index is 6.96. The van der Waals surface area contributed by atoms with Gasteiger partial charge in [-0.15, -0.1) is 0 Å². The van der Waals surface area contributed by atoms with E-state index in [2.05, 4.69) is 164 Å². The van der Waals surface area contributed by atoms with Crippen molar-refractivity contribution in [1.29, 1.82) is 0 Å². The summed E-state index contributed by atoms with van der Waals surface area (Å²) in [4.78, 5) is 0. The maximum atomic E-state index is 6.96. The summed E-state index contributed by atoms with van der Waals surface area (Å²) < 4.78 is 6.96. The molecule has 48 heavy (non-hydrogen) atoms. The predicted molar refractivity (Wildman–Crippen MR) is 215 cm³/mol. The van der Waals surface area contributed by atoms with Crippen LogP contribution in [0, 0.1) is 6.92 Å². The molecule has 1 aliphatic carbocycles. The third-order valence-electron chi connectivity index (χ3n) is 10.8. The van der Waals surface area contributed by atoms with Crippen LogP contribution in [0.2, 0.25) is 25.2 Å². The van der Waals surface area contributed by atoms with Gasteiger partial charge in [0.05, 0.1) is 8.80 Å². The van der Waals surface area contributed by atoms with Crippen LogP contribution in [0.5, 0.6) is 5.75 Å². The van der Waals surface area contributed by atoms with Gasteiger partial charge in [-0.25, -0.2) is 0 Å². The number of benzene rings is 5. The van der Waals surface area contributed by atoms with E-state index in [1.807, 2.05) is 6.08 Å². The van der Waals surface area contributed by atoms with Crippen LogP contribution in [0.25, 0.3) is 33.4 Å². The van der Waals surface area contributed by atoms with Crippen LogP contribution >= 0.6 is 0 Å². The lowest BCUT2D eigenvalue weighted by Gasteiger charge is -2.41. The van der Waals surface area contributed by atoms with Gasteiger partial charge in [0.15, 0.2) is 0 Å². The molecule has 5 aromatic rings. The van der Waals surface area contributed by atoms with E-state index in [1.54, 1.807) is 5.19 Å². The molecule has 3 heteroatoms. The highest BCUT2D eigenvalue weighted by Gasteiger charge is 2.49. The minimum Gasteiger partial charge on any atom is -0.489 e. The molecule has 0 N–H and O–H groups in total. The Balaban J connectivity index is 1.70. The lowest BCUT2D eigenvalue weighted by atomic mass is 9.85. The molecule has 0 atom stereocenters.